The molecule has 0 saturated carbocycles. The van der Waals surface area contributed by atoms with E-state index in [4.69, 9.17) is 4.74 Å². The lowest BCUT2D eigenvalue weighted by Crippen LogP contribution is -2.63. The Kier molecular flexibility index (Phi) is 7.27. The van der Waals surface area contributed by atoms with Gasteiger partial charge in [0.1, 0.15) is 0 Å². The SMILES string of the molecule is CC(=O)N[C@@]12CN(C)CC[C@@H]1[C@@H](c1ccccc1)N(CC(=O)Nc1ccc(N3CCOCC3)cc1)C2. The number of carbonyl (C=O) groups excluding carboxylic acids is 2. The van der Waals surface area contributed by atoms with Gasteiger partial charge in [-0.25, -0.2) is 0 Å². The second-order valence-electron chi connectivity index (χ2n) is 10.4. The van der Waals surface area contributed by atoms with Gasteiger partial charge in [0.15, 0.2) is 0 Å². The number of hydrogen-bond donors (Lipinski definition) is 2. The van der Waals surface area contributed by atoms with Crippen molar-refractivity contribution in [1.29, 1.82) is 0 Å². The van der Waals surface area contributed by atoms with Crippen LogP contribution in [-0.2, 0) is 14.3 Å². The third kappa shape index (κ3) is 5.26. The van der Waals surface area contributed by atoms with E-state index in [1.165, 1.54) is 5.56 Å². The van der Waals surface area contributed by atoms with Crippen LogP contribution >= 0.6 is 0 Å². The average Bonchev–Trinajstić information content (AvgIpc) is 3.16. The molecule has 2 aromatic carbocycles. The molecule has 0 aliphatic carbocycles. The summed E-state index contributed by atoms with van der Waals surface area (Å²) in [6, 6.07) is 18.5. The maximum Gasteiger partial charge on any atom is 0.238 e. The molecule has 0 unspecified atom stereocenters. The third-order valence-corrected chi connectivity index (χ3v) is 7.78. The summed E-state index contributed by atoms with van der Waals surface area (Å²) in [5.41, 5.74) is 2.76. The van der Waals surface area contributed by atoms with Gasteiger partial charge in [-0.15, -0.1) is 0 Å². The fourth-order valence-corrected chi connectivity index (χ4v) is 6.39. The number of anilines is 2. The van der Waals surface area contributed by atoms with Crippen LogP contribution in [0.1, 0.15) is 24.9 Å². The van der Waals surface area contributed by atoms with Crippen molar-refractivity contribution >= 4 is 23.2 Å². The smallest absolute Gasteiger partial charge is 0.238 e. The van der Waals surface area contributed by atoms with E-state index in [-0.39, 0.29) is 35.9 Å². The van der Waals surface area contributed by atoms with Crippen LogP contribution in [0.3, 0.4) is 0 Å². The minimum absolute atomic E-state index is 0.0197. The van der Waals surface area contributed by atoms with E-state index in [1.54, 1.807) is 6.92 Å². The van der Waals surface area contributed by atoms with Crippen molar-refractivity contribution in [2.45, 2.75) is 24.9 Å². The highest BCUT2D eigenvalue weighted by Crippen LogP contribution is 2.47. The number of morpholine rings is 1. The van der Waals surface area contributed by atoms with Gasteiger partial charge in [-0.1, -0.05) is 30.3 Å². The van der Waals surface area contributed by atoms with E-state index in [1.807, 2.05) is 18.2 Å². The van der Waals surface area contributed by atoms with Crippen molar-refractivity contribution in [1.82, 2.24) is 15.1 Å². The van der Waals surface area contributed by atoms with Crippen LogP contribution in [0.15, 0.2) is 54.6 Å². The largest absolute Gasteiger partial charge is 0.378 e. The van der Waals surface area contributed by atoms with Crippen LogP contribution < -0.4 is 15.5 Å². The molecule has 3 atom stereocenters. The molecule has 3 aliphatic rings. The Labute approximate surface area is 213 Å². The van der Waals surface area contributed by atoms with Crippen molar-refractivity contribution in [3.8, 4) is 0 Å². The fraction of sp³-hybridized carbons (Fsp3) is 0.500. The molecule has 0 spiro atoms. The molecule has 192 valence electrons. The van der Waals surface area contributed by atoms with Crippen LogP contribution in [0.5, 0.6) is 0 Å². The molecule has 36 heavy (non-hydrogen) atoms. The summed E-state index contributed by atoms with van der Waals surface area (Å²) in [4.78, 5) is 32.4. The standard InChI is InChI=1S/C28H37N5O3/c1-21(34)30-28-19-31(2)13-12-25(28)27(22-6-4-3-5-7-22)33(20-28)18-26(35)29-23-8-10-24(11-9-23)32-14-16-36-17-15-32/h3-11,25,27H,12-20H2,1-2H3,(H,29,35)(H,30,34)/t25-,27-,28-/m1/s1. The van der Waals surface area contributed by atoms with Crippen molar-refractivity contribution < 1.29 is 14.3 Å². The summed E-state index contributed by atoms with van der Waals surface area (Å²) in [6.45, 7) is 7.51. The minimum atomic E-state index is -0.376. The minimum Gasteiger partial charge on any atom is -0.378 e. The monoisotopic (exact) mass is 491 g/mol. The van der Waals surface area contributed by atoms with Gasteiger partial charge in [0.2, 0.25) is 11.8 Å². The van der Waals surface area contributed by atoms with E-state index in [0.29, 0.717) is 6.54 Å². The molecule has 2 N–H and O–H groups in total. The van der Waals surface area contributed by atoms with Crippen molar-refractivity contribution in [3.05, 3.63) is 60.2 Å². The van der Waals surface area contributed by atoms with Crippen LogP contribution in [0.2, 0.25) is 0 Å². The normalized spacial score (nSPS) is 26.9. The van der Waals surface area contributed by atoms with Gasteiger partial charge in [0.25, 0.3) is 0 Å². The zero-order chi connectivity index (χ0) is 25.1. The van der Waals surface area contributed by atoms with Gasteiger partial charge >= 0.3 is 0 Å². The highest BCUT2D eigenvalue weighted by atomic mass is 16.5. The Morgan fingerprint density at radius 1 is 1.00 bits per heavy atom. The van der Waals surface area contributed by atoms with Gasteiger partial charge in [0, 0.05) is 56.4 Å². The quantitative estimate of drug-likeness (QED) is 0.646. The van der Waals surface area contributed by atoms with Crippen molar-refractivity contribution in [3.63, 3.8) is 0 Å². The molecule has 8 heteroatoms. The fourth-order valence-electron chi connectivity index (χ4n) is 6.39. The maximum atomic E-state index is 13.3. The summed E-state index contributed by atoms with van der Waals surface area (Å²) in [7, 11) is 2.10. The molecule has 2 aromatic rings. The highest BCUT2D eigenvalue weighted by Gasteiger charge is 2.55. The molecule has 3 heterocycles. The summed E-state index contributed by atoms with van der Waals surface area (Å²) < 4.78 is 5.44. The number of fused-ring (bicyclic) bond motifs is 1. The van der Waals surface area contributed by atoms with Crippen LogP contribution in [0.4, 0.5) is 11.4 Å². The van der Waals surface area contributed by atoms with E-state index in [9.17, 15) is 9.59 Å². The molecular formula is C28H37N5O3. The Hall–Kier alpha value is -2.94. The molecular weight excluding hydrogens is 454 g/mol. The Bertz CT molecular complexity index is 1060. The van der Waals surface area contributed by atoms with Gasteiger partial charge in [-0.3, -0.25) is 14.5 Å². The average molecular weight is 492 g/mol. The maximum absolute atomic E-state index is 13.3. The lowest BCUT2D eigenvalue weighted by Gasteiger charge is -2.44. The number of amides is 2. The first-order valence-electron chi connectivity index (χ1n) is 12.9. The topological polar surface area (TPSA) is 77.2 Å². The summed E-state index contributed by atoms with van der Waals surface area (Å²) in [5, 5.41) is 6.40. The van der Waals surface area contributed by atoms with Gasteiger partial charge in [-0.2, -0.15) is 0 Å². The molecule has 3 aliphatic heterocycles. The lowest BCUT2D eigenvalue weighted by molar-refractivity contribution is -0.122. The summed E-state index contributed by atoms with van der Waals surface area (Å²) in [6.07, 6.45) is 0.970. The zero-order valence-corrected chi connectivity index (χ0v) is 21.3. The van der Waals surface area contributed by atoms with E-state index in [0.717, 1.165) is 57.2 Å². The Balaban J connectivity index is 1.33. The van der Waals surface area contributed by atoms with Crippen LogP contribution in [0, 0.1) is 5.92 Å². The molecule has 8 nitrogen and oxygen atoms in total. The summed E-state index contributed by atoms with van der Waals surface area (Å²) in [5.74, 6) is 0.175. The number of ether oxygens (including phenoxy) is 1. The summed E-state index contributed by atoms with van der Waals surface area (Å²) >= 11 is 0. The number of hydrogen-bond acceptors (Lipinski definition) is 6. The zero-order valence-electron chi connectivity index (χ0n) is 21.3. The van der Waals surface area contributed by atoms with E-state index in [2.05, 4.69) is 68.8 Å². The van der Waals surface area contributed by atoms with E-state index < -0.39 is 0 Å². The number of rotatable bonds is 6. The Morgan fingerprint density at radius 2 is 1.72 bits per heavy atom. The number of nitrogens with one attached hydrogen (secondary N) is 2. The van der Waals surface area contributed by atoms with Crippen LogP contribution in [0.25, 0.3) is 0 Å². The predicted octanol–water partition coefficient (Wildman–Crippen LogP) is 2.35. The first-order valence-corrected chi connectivity index (χ1v) is 12.9. The van der Waals surface area contributed by atoms with Gasteiger partial charge < -0.3 is 25.2 Å². The molecule has 2 amide bonds. The molecule has 3 saturated heterocycles. The Morgan fingerprint density at radius 3 is 2.42 bits per heavy atom. The molecule has 0 bridgehead atoms. The van der Waals surface area contributed by atoms with Crippen LogP contribution in [-0.4, -0.2) is 86.7 Å². The molecule has 3 fully saturated rings. The predicted molar refractivity (Wildman–Crippen MR) is 141 cm³/mol. The first-order chi connectivity index (χ1) is 17.4. The van der Waals surface area contributed by atoms with Gasteiger partial charge in [-0.05, 0) is 49.8 Å². The molecule has 0 radical (unpaired) electrons. The number of likely N-dealkylation sites (N-methyl/N-ethyl adjacent to an activating group) is 1. The lowest BCUT2D eigenvalue weighted by atomic mass is 9.76. The van der Waals surface area contributed by atoms with Crippen molar-refractivity contribution in [2.24, 2.45) is 5.92 Å². The van der Waals surface area contributed by atoms with Gasteiger partial charge in [0.05, 0.1) is 25.3 Å². The first kappa shape index (κ1) is 24.7. The number of nitrogens with zero attached hydrogens (tertiary/aromatic N) is 3. The molecule has 0 aromatic heterocycles. The third-order valence-electron chi connectivity index (χ3n) is 7.78. The highest BCUT2D eigenvalue weighted by molar-refractivity contribution is 5.92. The second-order valence-corrected chi connectivity index (χ2v) is 10.4. The number of benzene rings is 2. The second kappa shape index (κ2) is 10.6. The number of piperidine rings is 1. The molecule has 5 rings (SSSR count). The van der Waals surface area contributed by atoms with Crippen molar-refractivity contribution in [2.75, 3.05) is 69.7 Å². The number of likely N-dealkylation sites (tertiary alicyclic amines) is 2. The number of carbonyl (C=O) groups is 2. The van der Waals surface area contributed by atoms with E-state index >= 15 is 0 Å².